The fourth-order valence-electron chi connectivity index (χ4n) is 3.63. The molecule has 0 fully saturated rings. The van der Waals surface area contributed by atoms with Crippen molar-refractivity contribution < 1.29 is 4.79 Å². The molecule has 0 unspecified atom stereocenters. The van der Waals surface area contributed by atoms with Crippen molar-refractivity contribution in [2.45, 2.75) is 45.1 Å². The maximum absolute atomic E-state index is 12.5. The van der Waals surface area contributed by atoms with E-state index in [-0.39, 0.29) is 17.5 Å². The van der Waals surface area contributed by atoms with Gasteiger partial charge in [-0.15, -0.1) is 0 Å². The topological polar surface area (TPSA) is 69.8 Å². The fourth-order valence-corrected chi connectivity index (χ4v) is 3.63. The van der Waals surface area contributed by atoms with Gasteiger partial charge in [0, 0.05) is 5.39 Å². The minimum atomic E-state index is -0.184. The molecule has 1 aliphatic rings. The van der Waals surface area contributed by atoms with Crippen LogP contribution in [0.2, 0.25) is 0 Å². The minimum absolute atomic E-state index is 0.0579. The summed E-state index contributed by atoms with van der Waals surface area (Å²) >= 11 is 0. The quantitative estimate of drug-likeness (QED) is 0.630. The average Bonchev–Trinajstić information content (AvgIpc) is 3.21. The van der Waals surface area contributed by atoms with Gasteiger partial charge < -0.3 is 10.6 Å². The van der Waals surface area contributed by atoms with Gasteiger partial charge in [-0.05, 0) is 47.1 Å². The summed E-state index contributed by atoms with van der Waals surface area (Å²) in [6, 6.07) is 12.2. The number of hydrogen-bond donors (Lipinski definition) is 3. The van der Waals surface area contributed by atoms with E-state index in [9.17, 15) is 4.79 Å². The van der Waals surface area contributed by atoms with Crippen LogP contribution in [0.25, 0.3) is 10.9 Å². The minimum Gasteiger partial charge on any atom is -0.331 e. The largest absolute Gasteiger partial charge is 0.331 e. The van der Waals surface area contributed by atoms with Crippen LogP contribution in [0.5, 0.6) is 0 Å². The molecule has 134 valence electrons. The van der Waals surface area contributed by atoms with Crippen molar-refractivity contribution in [3.05, 3.63) is 59.3 Å². The number of H-pyrrole nitrogens is 1. The van der Waals surface area contributed by atoms with Gasteiger partial charge in [-0.25, -0.2) is 4.79 Å². The Morgan fingerprint density at radius 2 is 2.08 bits per heavy atom. The van der Waals surface area contributed by atoms with Gasteiger partial charge in [0.1, 0.15) is 0 Å². The molecular weight excluding hydrogens is 324 g/mol. The van der Waals surface area contributed by atoms with E-state index >= 15 is 0 Å². The Morgan fingerprint density at radius 1 is 1.23 bits per heavy atom. The third kappa shape index (κ3) is 3.05. The molecule has 3 aromatic rings. The number of fused-ring (bicyclic) bond motifs is 2. The summed E-state index contributed by atoms with van der Waals surface area (Å²) in [7, 11) is 0. The van der Waals surface area contributed by atoms with Crippen LogP contribution in [0.15, 0.2) is 42.6 Å². The van der Waals surface area contributed by atoms with E-state index in [1.165, 1.54) is 16.7 Å². The first-order chi connectivity index (χ1) is 12.4. The predicted molar refractivity (Wildman–Crippen MR) is 104 cm³/mol. The molecule has 0 radical (unpaired) electrons. The number of carbonyl (C=O) groups excluding carboxylic acids is 1. The molecule has 2 aromatic carbocycles. The molecule has 26 heavy (non-hydrogen) atoms. The van der Waals surface area contributed by atoms with Crippen molar-refractivity contribution in [3.63, 3.8) is 0 Å². The summed E-state index contributed by atoms with van der Waals surface area (Å²) < 4.78 is 0. The summed E-state index contributed by atoms with van der Waals surface area (Å²) in [6.45, 7) is 6.68. The van der Waals surface area contributed by atoms with E-state index in [1.807, 2.05) is 18.2 Å². The number of benzene rings is 2. The molecule has 0 saturated heterocycles. The van der Waals surface area contributed by atoms with Crippen LogP contribution in [-0.2, 0) is 11.8 Å². The summed E-state index contributed by atoms with van der Waals surface area (Å²) in [5, 5.41) is 13.9. The van der Waals surface area contributed by atoms with Crippen LogP contribution in [-0.4, -0.2) is 16.2 Å². The van der Waals surface area contributed by atoms with Gasteiger partial charge in [0.25, 0.3) is 0 Å². The molecule has 4 rings (SSSR count). The molecule has 5 nitrogen and oxygen atoms in total. The lowest BCUT2D eigenvalue weighted by Gasteiger charge is -2.21. The van der Waals surface area contributed by atoms with Crippen LogP contribution < -0.4 is 10.6 Å². The molecule has 3 N–H and O–H groups in total. The van der Waals surface area contributed by atoms with Crippen LogP contribution in [0, 0.1) is 0 Å². The Morgan fingerprint density at radius 3 is 2.88 bits per heavy atom. The fraction of sp³-hybridized carbons (Fsp3) is 0.333. The first kappa shape index (κ1) is 16.6. The van der Waals surface area contributed by atoms with Gasteiger partial charge in [-0.1, -0.05) is 45.0 Å². The molecule has 5 heteroatoms. The normalized spacial score (nSPS) is 16.5. The van der Waals surface area contributed by atoms with Crippen molar-refractivity contribution >= 4 is 22.6 Å². The third-order valence-corrected chi connectivity index (χ3v) is 5.13. The highest BCUT2D eigenvalue weighted by Gasteiger charge is 2.26. The Kier molecular flexibility index (Phi) is 3.94. The highest BCUT2D eigenvalue weighted by atomic mass is 16.2. The number of rotatable bonds is 2. The summed E-state index contributed by atoms with van der Waals surface area (Å²) in [4.78, 5) is 12.5. The van der Waals surface area contributed by atoms with Gasteiger partial charge in [0.05, 0.1) is 23.4 Å². The van der Waals surface area contributed by atoms with Crippen LogP contribution in [0.3, 0.4) is 0 Å². The SMILES string of the molecule is CC(C)(C)c1ccc2c(c1)CC[C@@H]2NC(=O)Nc1cccc2[nH]ncc12. The zero-order valence-electron chi connectivity index (χ0n) is 15.4. The number of nitrogens with one attached hydrogen (secondary N) is 3. The Labute approximate surface area is 153 Å². The Balaban J connectivity index is 1.49. The maximum Gasteiger partial charge on any atom is 0.319 e. The van der Waals surface area contributed by atoms with E-state index in [1.54, 1.807) is 6.20 Å². The second kappa shape index (κ2) is 6.16. The van der Waals surface area contributed by atoms with Crippen molar-refractivity contribution in [2.75, 3.05) is 5.32 Å². The standard InChI is InChI=1S/C21H24N4O/c1-21(2,3)14-8-9-15-13(11-14)7-10-18(15)24-20(26)23-17-5-4-6-19-16(17)12-22-25-19/h4-6,8-9,11-12,18H,7,10H2,1-3H3,(H,22,25)(H2,23,24,26)/t18-/m0/s1. The van der Waals surface area contributed by atoms with E-state index in [4.69, 9.17) is 0 Å². The van der Waals surface area contributed by atoms with Gasteiger partial charge in [-0.2, -0.15) is 5.10 Å². The van der Waals surface area contributed by atoms with Gasteiger partial charge in [-0.3, -0.25) is 5.10 Å². The van der Waals surface area contributed by atoms with Crippen LogP contribution in [0.1, 0.15) is 49.9 Å². The zero-order chi connectivity index (χ0) is 18.3. The molecule has 1 aliphatic carbocycles. The first-order valence-electron chi connectivity index (χ1n) is 9.05. The molecule has 2 amide bonds. The lowest BCUT2D eigenvalue weighted by molar-refractivity contribution is 0.248. The van der Waals surface area contributed by atoms with Gasteiger partial charge >= 0.3 is 6.03 Å². The number of nitrogens with zero attached hydrogens (tertiary/aromatic N) is 1. The second-order valence-corrected chi connectivity index (χ2v) is 7.99. The molecular formula is C21H24N4O. The molecule has 0 bridgehead atoms. The Bertz CT molecular complexity index is 968. The zero-order valence-corrected chi connectivity index (χ0v) is 15.4. The van der Waals surface area contributed by atoms with Crippen LogP contribution in [0.4, 0.5) is 10.5 Å². The summed E-state index contributed by atoms with van der Waals surface area (Å²) in [6.07, 6.45) is 3.66. The molecule has 0 aliphatic heterocycles. The van der Waals surface area contributed by atoms with E-state index in [0.717, 1.165) is 29.4 Å². The summed E-state index contributed by atoms with van der Waals surface area (Å²) in [5.41, 5.74) is 5.72. The Hall–Kier alpha value is -2.82. The summed E-state index contributed by atoms with van der Waals surface area (Å²) in [5.74, 6) is 0. The number of aromatic nitrogens is 2. The van der Waals surface area contributed by atoms with E-state index in [0.29, 0.717) is 0 Å². The first-order valence-corrected chi connectivity index (χ1v) is 9.05. The maximum atomic E-state index is 12.5. The molecule has 1 atom stereocenters. The second-order valence-electron chi connectivity index (χ2n) is 7.99. The highest BCUT2D eigenvalue weighted by Crippen LogP contribution is 2.34. The number of aryl methyl sites for hydroxylation is 1. The van der Waals surface area contributed by atoms with Crippen LogP contribution >= 0.6 is 0 Å². The van der Waals surface area contributed by atoms with Crippen molar-refractivity contribution in [2.24, 2.45) is 0 Å². The van der Waals surface area contributed by atoms with E-state index in [2.05, 4.69) is 59.8 Å². The van der Waals surface area contributed by atoms with Gasteiger partial charge in [0.15, 0.2) is 0 Å². The lowest BCUT2D eigenvalue weighted by atomic mass is 9.85. The molecule has 0 saturated carbocycles. The monoisotopic (exact) mass is 348 g/mol. The number of urea groups is 1. The number of carbonyl (C=O) groups is 1. The number of anilines is 1. The van der Waals surface area contributed by atoms with Crippen molar-refractivity contribution in [1.29, 1.82) is 0 Å². The molecule has 1 aromatic heterocycles. The highest BCUT2D eigenvalue weighted by molar-refractivity contribution is 6.00. The van der Waals surface area contributed by atoms with Crippen molar-refractivity contribution in [1.82, 2.24) is 15.5 Å². The molecule has 0 spiro atoms. The smallest absolute Gasteiger partial charge is 0.319 e. The predicted octanol–water partition coefficient (Wildman–Crippen LogP) is 4.67. The van der Waals surface area contributed by atoms with Gasteiger partial charge in [0.2, 0.25) is 0 Å². The molecule has 1 heterocycles. The number of aromatic amines is 1. The third-order valence-electron chi connectivity index (χ3n) is 5.13. The van der Waals surface area contributed by atoms with Crippen molar-refractivity contribution in [3.8, 4) is 0 Å². The lowest BCUT2D eigenvalue weighted by Crippen LogP contribution is -2.31. The number of hydrogen-bond acceptors (Lipinski definition) is 2. The average molecular weight is 348 g/mol. The number of amides is 2. The van der Waals surface area contributed by atoms with E-state index < -0.39 is 0 Å².